The maximum absolute atomic E-state index is 12.8. The van der Waals surface area contributed by atoms with Crippen molar-refractivity contribution in [1.29, 1.82) is 0 Å². The Morgan fingerprint density at radius 3 is 2.21 bits per heavy atom. The summed E-state index contributed by atoms with van der Waals surface area (Å²) in [5.41, 5.74) is 2.87. The molecule has 1 heterocycles. The van der Waals surface area contributed by atoms with Crippen LogP contribution in [0.2, 0.25) is 0 Å². The van der Waals surface area contributed by atoms with E-state index in [-0.39, 0.29) is 22.7 Å². The predicted molar refractivity (Wildman–Crippen MR) is 133 cm³/mol. The second-order valence-corrected chi connectivity index (χ2v) is 9.23. The summed E-state index contributed by atoms with van der Waals surface area (Å²) < 4.78 is 5.68. The topological polar surface area (TPSA) is 67.6 Å². The fourth-order valence-corrected chi connectivity index (χ4v) is 3.73. The van der Waals surface area contributed by atoms with E-state index >= 15 is 0 Å². The predicted octanol–water partition coefficient (Wildman–Crippen LogP) is 5.78. The van der Waals surface area contributed by atoms with Gasteiger partial charge in [-0.15, -0.1) is 0 Å². The number of amides is 1. The van der Waals surface area contributed by atoms with E-state index in [2.05, 4.69) is 0 Å². The number of hydrogen-bond acceptors (Lipinski definition) is 4. The highest BCUT2D eigenvalue weighted by Gasteiger charge is 2.23. The van der Waals surface area contributed by atoms with E-state index < -0.39 is 5.63 Å². The van der Waals surface area contributed by atoms with Gasteiger partial charge in [-0.25, -0.2) is 4.79 Å². The molecule has 33 heavy (non-hydrogen) atoms. The Morgan fingerprint density at radius 1 is 1.00 bits per heavy atom. The molecule has 0 unspecified atom stereocenters. The molecule has 0 aliphatic heterocycles. The molecule has 5 nitrogen and oxygen atoms in total. The van der Waals surface area contributed by atoms with Crippen LogP contribution in [0.1, 0.15) is 72.0 Å². The van der Waals surface area contributed by atoms with Crippen LogP contribution in [0, 0.1) is 6.92 Å². The smallest absolute Gasteiger partial charge is 0.349 e. The molecule has 0 saturated carbocycles. The molecule has 0 aliphatic rings. The average Bonchev–Trinajstić information content (AvgIpc) is 2.77. The van der Waals surface area contributed by atoms with Gasteiger partial charge in [0.25, 0.3) is 5.91 Å². The van der Waals surface area contributed by atoms with Crippen molar-refractivity contribution in [3.63, 3.8) is 0 Å². The molecule has 0 bridgehead atoms. The van der Waals surface area contributed by atoms with Crippen LogP contribution in [0.5, 0.6) is 0 Å². The van der Waals surface area contributed by atoms with Crippen LogP contribution < -0.4 is 5.63 Å². The number of hydrogen-bond donors (Lipinski definition) is 0. The van der Waals surface area contributed by atoms with E-state index in [9.17, 15) is 14.4 Å². The van der Waals surface area contributed by atoms with Gasteiger partial charge < -0.3 is 9.32 Å². The number of allylic oxidation sites excluding steroid dienone is 1. The summed E-state index contributed by atoms with van der Waals surface area (Å²) in [7, 11) is 0. The van der Waals surface area contributed by atoms with Crippen molar-refractivity contribution >= 4 is 28.7 Å². The van der Waals surface area contributed by atoms with Crippen molar-refractivity contribution in [2.45, 2.75) is 47.0 Å². The van der Waals surface area contributed by atoms with Gasteiger partial charge in [-0.1, -0.05) is 56.7 Å². The fraction of sp³-hybridized carbons (Fsp3) is 0.321. The summed E-state index contributed by atoms with van der Waals surface area (Å²) in [4.78, 5) is 39.7. The van der Waals surface area contributed by atoms with Crippen LogP contribution in [0.4, 0.5) is 0 Å². The molecule has 0 radical (unpaired) electrons. The Hall–Kier alpha value is -3.47. The zero-order valence-electron chi connectivity index (χ0n) is 20.2. The zero-order chi connectivity index (χ0) is 24.3. The third-order valence-corrected chi connectivity index (χ3v) is 5.71. The third-order valence-electron chi connectivity index (χ3n) is 5.71. The number of carbonyl (C=O) groups is 2. The van der Waals surface area contributed by atoms with Gasteiger partial charge in [0.15, 0.2) is 5.78 Å². The quantitative estimate of drug-likeness (QED) is 0.274. The molecule has 1 aromatic heterocycles. The Bertz CT molecular complexity index is 1270. The number of aryl methyl sites for hydroxylation is 1. The monoisotopic (exact) mass is 445 g/mol. The van der Waals surface area contributed by atoms with Gasteiger partial charge in [-0.05, 0) is 56.0 Å². The molecule has 1 amide bonds. The first kappa shape index (κ1) is 24.2. The molecule has 172 valence electrons. The van der Waals surface area contributed by atoms with Gasteiger partial charge in [0.1, 0.15) is 11.1 Å². The molecule has 0 saturated heterocycles. The molecule has 0 atom stereocenters. The van der Waals surface area contributed by atoms with Crippen molar-refractivity contribution in [1.82, 2.24) is 4.90 Å². The van der Waals surface area contributed by atoms with Crippen LogP contribution in [0.25, 0.3) is 17.0 Å². The number of ketones is 1. The van der Waals surface area contributed by atoms with Crippen LogP contribution in [-0.4, -0.2) is 29.7 Å². The molecule has 0 fully saturated rings. The van der Waals surface area contributed by atoms with Gasteiger partial charge in [0.2, 0.25) is 0 Å². The largest absolute Gasteiger partial charge is 0.422 e. The molecule has 0 spiro atoms. The van der Waals surface area contributed by atoms with E-state index in [1.165, 1.54) is 0 Å². The maximum atomic E-state index is 12.8. The Kier molecular flexibility index (Phi) is 7.01. The first-order chi connectivity index (χ1) is 15.5. The molecular weight excluding hydrogens is 414 g/mol. The number of benzene rings is 2. The number of fused-ring (bicyclic) bond motifs is 1. The minimum Gasteiger partial charge on any atom is -0.422 e. The summed E-state index contributed by atoms with van der Waals surface area (Å²) in [5.74, 6) is -0.437. The lowest BCUT2D eigenvalue weighted by atomic mass is 9.84. The van der Waals surface area contributed by atoms with Crippen molar-refractivity contribution in [2.75, 3.05) is 13.1 Å². The number of nitrogens with zero attached hydrogens (tertiary/aromatic N) is 1. The normalized spacial score (nSPS) is 11.8. The molecule has 5 heteroatoms. The molecular formula is C28H31NO4. The SMILES string of the molecule is CCN(CC)C(=O)c1cc2cc(C=CC(=O)c3ccc(C)cc3)cc(C(C)(C)C)c2oc1=O. The molecule has 0 N–H and O–H groups in total. The summed E-state index contributed by atoms with van der Waals surface area (Å²) >= 11 is 0. The van der Waals surface area contributed by atoms with E-state index in [0.29, 0.717) is 29.6 Å². The molecule has 3 rings (SSSR count). The lowest BCUT2D eigenvalue weighted by Gasteiger charge is -2.22. The van der Waals surface area contributed by atoms with E-state index in [1.54, 1.807) is 23.1 Å². The Labute approximate surface area is 194 Å². The number of rotatable bonds is 6. The van der Waals surface area contributed by atoms with Gasteiger partial charge in [0.05, 0.1) is 0 Å². The summed E-state index contributed by atoms with van der Waals surface area (Å²) in [6, 6.07) is 12.8. The number of carbonyl (C=O) groups excluding carboxylic acids is 2. The highest BCUT2D eigenvalue weighted by atomic mass is 16.4. The van der Waals surface area contributed by atoms with Gasteiger partial charge in [0, 0.05) is 29.6 Å². The first-order valence-electron chi connectivity index (χ1n) is 11.3. The second-order valence-electron chi connectivity index (χ2n) is 9.23. The summed E-state index contributed by atoms with van der Waals surface area (Å²) in [6.07, 6.45) is 3.30. The third kappa shape index (κ3) is 5.30. The van der Waals surface area contributed by atoms with E-state index in [1.807, 2.05) is 77.9 Å². The average molecular weight is 446 g/mol. The standard InChI is InChI=1S/C28H31NO4/c1-7-29(8-2)26(31)22-17-21-15-19(11-14-24(30)20-12-9-18(3)10-13-20)16-23(28(4,5)6)25(21)33-27(22)32/h9-17H,7-8H2,1-6H3. The van der Waals surface area contributed by atoms with E-state index in [0.717, 1.165) is 16.7 Å². The minimum atomic E-state index is -0.636. The summed E-state index contributed by atoms with van der Waals surface area (Å²) in [5, 5.41) is 0.653. The van der Waals surface area contributed by atoms with Crippen LogP contribution in [0.3, 0.4) is 0 Å². The van der Waals surface area contributed by atoms with Crippen LogP contribution >= 0.6 is 0 Å². The lowest BCUT2D eigenvalue weighted by molar-refractivity contribution is 0.0768. The van der Waals surface area contributed by atoms with Crippen molar-refractivity contribution in [3.05, 3.63) is 86.8 Å². The molecule has 2 aromatic carbocycles. The zero-order valence-corrected chi connectivity index (χ0v) is 20.2. The Balaban J connectivity index is 2.11. The van der Waals surface area contributed by atoms with E-state index in [4.69, 9.17) is 4.42 Å². The van der Waals surface area contributed by atoms with Gasteiger partial charge >= 0.3 is 5.63 Å². The van der Waals surface area contributed by atoms with Crippen molar-refractivity contribution in [3.8, 4) is 0 Å². The highest BCUT2D eigenvalue weighted by Crippen LogP contribution is 2.31. The second kappa shape index (κ2) is 9.57. The van der Waals surface area contributed by atoms with Crippen LogP contribution in [0.15, 0.2) is 57.8 Å². The molecule has 0 aliphatic carbocycles. The fourth-order valence-electron chi connectivity index (χ4n) is 3.73. The van der Waals surface area contributed by atoms with Crippen molar-refractivity contribution < 1.29 is 14.0 Å². The maximum Gasteiger partial charge on any atom is 0.349 e. The lowest BCUT2D eigenvalue weighted by Crippen LogP contribution is -2.33. The minimum absolute atomic E-state index is 0.0166. The van der Waals surface area contributed by atoms with Crippen molar-refractivity contribution in [2.24, 2.45) is 0 Å². The molecule has 3 aromatic rings. The summed E-state index contributed by atoms with van der Waals surface area (Å²) in [6.45, 7) is 12.8. The Morgan fingerprint density at radius 2 is 1.64 bits per heavy atom. The van der Waals surface area contributed by atoms with Gasteiger partial charge in [-0.3, -0.25) is 9.59 Å². The highest BCUT2D eigenvalue weighted by molar-refractivity contribution is 6.07. The van der Waals surface area contributed by atoms with Gasteiger partial charge in [-0.2, -0.15) is 0 Å². The van der Waals surface area contributed by atoms with Crippen LogP contribution in [-0.2, 0) is 5.41 Å². The first-order valence-corrected chi connectivity index (χ1v) is 11.3.